The minimum absolute atomic E-state index is 0.225. The van der Waals surface area contributed by atoms with E-state index in [9.17, 15) is 14.4 Å². The number of carbonyl (C=O) groups excluding carboxylic acids is 3. The number of ether oxygens (including phenoxy) is 2. The number of anilines is 1. The van der Waals surface area contributed by atoms with Crippen LogP contribution in [0.5, 0.6) is 11.5 Å². The standard InChI is InChI=1S/C29H22ClN3O5/c1-37-26-16-19(10-15-25(26)38-29(36)21-11-13-23(30)14-12-21)18-31-33-28(35)22-8-5-9-24(17-22)32-27(34)20-6-3-2-4-7-20/h2-18H,1H3,(H,32,34)(H,33,35). The number of esters is 1. The van der Waals surface area contributed by atoms with Crippen LogP contribution < -0.4 is 20.2 Å². The lowest BCUT2D eigenvalue weighted by Crippen LogP contribution is -2.18. The molecule has 2 N–H and O–H groups in total. The highest BCUT2D eigenvalue weighted by Gasteiger charge is 2.13. The molecule has 0 aliphatic heterocycles. The summed E-state index contributed by atoms with van der Waals surface area (Å²) in [6.07, 6.45) is 1.42. The van der Waals surface area contributed by atoms with Gasteiger partial charge in [0.25, 0.3) is 11.8 Å². The molecule has 8 nitrogen and oxygen atoms in total. The molecule has 38 heavy (non-hydrogen) atoms. The summed E-state index contributed by atoms with van der Waals surface area (Å²) >= 11 is 5.86. The number of hydrazone groups is 1. The first-order chi connectivity index (χ1) is 18.4. The number of nitrogens with one attached hydrogen (secondary N) is 2. The third-order valence-electron chi connectivity index (χ3n) is 5.27. The van der Waals surface area contributed by atoms with Crippen LogP contribution >= 0.6 is 11.6 Å². The number of amides is 2. The van der Waals surface area contributed by atoms with E-state index in [4.69, 9.17) is 21.1 Å². The second-order valence-corrected chi connectivity index (χ2v) is 8.34. The Morgan fingerprint density at radius 2 is 1.50 bits per heavy atom. The van der Waals surface area contributed by atoms with E-state index in [1.54, 1.807) is 91.0 Å². The van der Waals surface area contributed by atoms with E-state index in [1.165, 1.54) is 13.3 Å². The average molecular weight is 528 g/mol. The molecule has 4 rings (SSSR count). The Morgan fingerprint density at radius 1 is 0.763 bits per heavy atom. The van der Waals surface area contributed by atoms with Crippen LogP contribution in [0.15, 0.2) is 102 Å². The normalized spacial score (nSPS) is 10.6. The average Bonchev–Trinajstić information content (AvgIpc) is 2.94. The maximum absolute atomic E-state index is 12.6. The second-order valence-electron chi connectivity index (χ2n) is 7.91. The van der Waals surface area contributed by atoms with Crippen molar-refractivity contribution in [3.63, 3.8) is 0 Å². The number of methoxy groups -OCH3 is 1. The van der Waals surface area contributed by atoms with Gasteiger partial charge < -0.3 is 14.8 Å². The Labute approximate surface area is 223 Å². The van der Waals surface area contributed by atoms with Crippen molar-refractivity contribution >= 4 is 41.3 Å². The molecule has 0 aromatic heterocycles. The number of carbonyl (C=O) groups is 3. The molecule has 0 aliphatic rings. The minimum Gasteiger partial charge on any atom is -0.493 e. The van der Waals surface area contributed by atoms with E-state index in [2.05, 4.69) is 15.8 Å². The molecule has 0 aliphatic carbocycles. The van der Waals surface area contributed by atoms with Crippen LogP contribution in [0.2, 0.25) is 5.02 Å². The number of hydrogen-bond acceptors (Lipinski definition) is 6. The summed E-state index contributed by atoms with van der Waals surface area (Å²) in [6.45, 7) is 0. The van der Waals surface area contributed by atoms with Gasteiger partial charge in [-0.3, -0.25) is 9.59 Å². The lowest BCUT2D eigenvalue weighted by Gasteiger charge is -2.10. The monoisotopic (exact) mass is 527 g/mol. The smallest absolute Gasteiger partial charge is 0.343 e. The zero-order chi connectivity index (χ0) is 26.9. The maximum atomic E-state index is 12.6. The summed E-state index contributed by atoms with van der Waals surface area (Å²) in [5.74, 6) is -0.766. The molecule has 4 aromatic carbocycles. The summed E-state index contributed by atoms with van der Waals surface area (Å²) in [7, 11) is 1.45. The highest BCUT2D eigenvalue weighted by molar-refractivity contribution is 6.30. The lowest BCUT2D eigenvalue weighted by atomic mass is 10.1. The quantitative estimate of drug-likeness (QED) is 0.135. The zero-order valence-electron chi connectivity index (χ0n) is 20.2. The molecular weight excluding hydrogens is 506 g/mol. The van der Waals surface area contributed by atoms with Gasteiger partial charge in [-0.05, 0) is 78.4 Å². The van der Waals surface area contributed by atoms with Gasteiger partial charge in [0.2, 0.25) is 0 Å². The molecule has 0 atom stereocenters. The highest BCUT2D eigenvalue weighted by atomic mass is 35.5. The Hall–Kier alpha value is -4.95. The van der Waals surface area contributed by atoms with Gasteiger partial charge in [0, 0.05) is 21.8 Å². The second kappa shape index (κ2) is 12.3. The summed E-state index contributed by atoms with van der Waals surface area (Å²) in [5, 5.41) is 7.27. The minimum atomic E-state index is -0.559. The van der Waals surface area contributed by atoms with Crippen molar-refractivity contribution in [2.45, 2.75) is 0 Å². The van der Waals surface area contributed by atoms with Crippen molar-refractivity contribution in [1.29, 1.82) is 0 Å². The number of nitrogens with zero attached hydrogens (tertiary/aromatic N) is 1. The molecular formula is C29H22ClN3O5. The predicted molar refractivity (Wildman–Crippen MR) is 145 cm³/mol. The molecule has 0 bridgehead atoms. The van der Waals surface area contributed by atoms with Crippen molar-refractivity contribution in [2.75, 3.05) is 12.4 Å². The SMILES string of the molecule is COc1cc(C=NNC(=O)c2cccc(NC(=O)c3ccccc3)c2)ccc1OC(=O)c1ccc(Cl)cc1. The molecule has 190 valence electrons. The summed E-state index contributed by atoms with van der Waals surface area (Å²) in [4.78, 5) is 37.3. The van der Waals surface area contributed by atoms with Crippen molar-refractivity contribution in [1.82, 2.24) is 5.43 Å². The predicted octanol–water partition coefficient (Wildman–Crippen LogP) is 5.58. The Balaban J connectivity index is 1.37. The van der Waals surface area contributed by atoms with Crippen molar-refractivity contribution in [3.05, 3.63) is 124 Å². The van der Waals surface area contributed by atoms with E-state index in [1.807, 2.05) is 6.07 Å². The van der Waals surface area contributed by atoms with E-state index in [-0.39, 0.29) is 11.7 Å². The fraction of sp³-hybridized carbons (Fsp3) is 0.0345. The van der Waals surface area contributed by atoms with E-state index in [0.717, 1.165) is 0 Å². The van der Waals surface area contributed by atoms with Gasteiger partial charge in [-0.1, -0.05) is 35.9 Å². The van der Waals surface area contributed by atoms with E-state index in [0.29, 0.717) is 38.7 Å². The largest absolute Gasteiger partial charge is 0.493 e. The fourth-order valence-electron chi connectivity index (χ4n) is 3.35. The van der Waals surface area contributed by atoms with Gasteiger partial charge in [-0.15, -0.1) is 0 Å². The molecule has 0 fully saturated rings. The van der Waals surface area contributed by atoms with Crippen LogP contribution in [0.3, 0.4) is 0 Å². The molecule has 0 radical (unpaired) electrons. The zero-order valence-corrected chi connectivity index (χ0v) is 20.9. The third-order valence-corrected chi connectivity index (χ3v) is 5.52. The van der Waals surface area contributed by atoms with Gasteiger partial charge >= 0.3 is 5.97 Å². The fourth-order valence-corrected chi connectivity index (χ4v) is 3.48. The summed E-state index contributed by atoms with van der Waals surface area (Å²) in [5.41, 5.74) is 4.69. The van der Waals surface area contributed by atoms with Crippen molar-refractivity contribution in [3.8, 4) is 11.5 Å². The number of halogens is 1. The number of rotatable bonds is 8. The van der Waals surface area contributed by atoms with Gasteiger partial charge in [-0.25, -0.2) is 10.2 Å². The lowest BCUT2D eigenvalue weighted by molar-refractivity contribution is 0.0729. The van der Waals surface area contributed by atoms with Crippen LogP contribution in [0.1, 0.15) is 36.6 Å². The first-order valence-electron chi connectivity index (χ1n) is 11.4. The molecule has 0 saturated carbocycles. The molecule has 2 amide bonds. The Kier molecular flexibility index (Phi) is 8.48. The topological polar surface area (TPSA) is 106 Å². The highest BCUT2D eigenvalue weighted by Crippen LogP contribution is 2.28. The molecule has 0 saturated heterocycles. The Bertz CT molecular complexity index is 1490. The van der Waals surface area contributed by atoms with Crippen molar-refractivity contribution < 1.29 is 23.9 Å². The molecule has 0 unspecified atom stereocenters. The van der Waals surface area contributed by atoms with Crippen LogP contribution in [-0.2, 0) is 0 Å². The van der Waals surface area contributed by atoms with Crippen LogP contribution in [0.4, 0.5) is 5.69 Å². The van der Waals surface area contributed by atoms with Gasteiger partial charge in [-0.2, -0.15) is 5.10 Å². The van der Waals surface area contributed by atoms with Crippen LogP contribution in [0.25, 0.3) is 0 Å². The van der Waals surface area contributed by atoms with Gasteiger partial charge in [0.05, 0.1) is 18.9 Å². The molecule has 0 heterocycles. The van der Waals surface area contributed by atoms with Gasteiger partial charge in [0.15, 0.2) is 11.5 Å². The Morgan fingerprint density at radius 3 is 2.24 bits per heavy atom. The number of benzene rings is 4. The molecule has 9 heteroatoms. The van der Waals surface area contributed by atoms with Crippen LogP contribution in [0, 0.1) is 0 Å². The maximum Gasteiger partial charge on any atom is 0.343 e. The molecule has 4 aromatic rings. The molecule has 0 spiro atoms. The first-order valence-corrected chi connectivity index (χ1v) is 11.8. The van der Waals surface area contributed by atoms with Gasteiger partial charge in [0.1, 0.15) is 0 Å². The third kappa shape index (κ3) is 6.83. The number of hydrogen-bond donors (Lipinski definition) is 2. The van der Waals surface area contributed by atoms with E-state index >= 15 is 0 Å². The summed E-state index contributed by atoms with van der Waals surface area (Å²) < 4.78 is 10.8. The first kappa shape index (κ1) is 26.1. The van der Waals surface area contributed by atoms with Crippen LogP contribution in [-0.4, -0.2) is 31.1 Å². The van der Waals surface area contributed by atoms with Crippen molar-refractivity contribution in [2.24, 2.45) is 5.10 Å². The van der Waals surface area contributed by atoms with E-state index < -0.39 is 11.9 Å². The summed E-state index contributed by atoms with van der Waals surface area (Å²) in [6, 6.07) is 26.4.